The molecule has 6 nitrogen and oxygen atoms in total. The van der Waals surface area contributed by atoms with Gasteiger partial charge in [0.15, 0.2) is 0 Å². The van der Waals surface area contributed by atoms with E-state index in [2.05, 4.69) is 38.3 Å². The van der Waals surface area contributed by atoms with Gasteiger partial charge >= 0.3 is 12.0 Å². The first-order valence-corrected chi connectivity index (χ1v) is 11.2. The summed E-state index contributed by atoms with van der Waals surface area (Å²) in [4.78, 5) is 26.1. The third-order valence-electron chi connectivity index (χ3n) is 5.50. The Labute approximate surface area is 193 Å². The Hall–Kier alpha value is -3.16. The molecule has 1 fully saturated rings. The highest BCUT2D eigenvalue weighted by Crippen LogP contribution is 2.50. The van der Waals surface area contributed by atoms with Crippen LogP contribution in [0.25, 0.3) is 0 Å². The van der Waals surface area contributed by atoms with Gasteiger partial charge in [0.05, 0.1) is 23.0 Å². The van der Waals surface area contributed by atoms with Gasteiger partial charge in [-0.3, -0.25) is 4.79 Å². The van der Waals surface area contributed by atoms with Gasteiger partial charge in [0.1, 0.15) is 11.6 Å². The maximum absolute atomic E-state index is 15.1. The summed E-state index contributed by atoms with van der Waals surface area (Å²) in [5.74, 6) is -2.52. The van der Waals surface area contributed by atoms with Gasteiger partial charge in [0.2, 0.25) is 0 Å². The Morgan fingerprint density at radius 3 is 2.15 bits per heavy atom. The Morgan fingerprint density at radius 1 is 1.00 bits per heavy atom. The van der Waals surface area contributed by atoms with Gasteiger partial charge in [0.25, 0.3) is 0 Å². The first-order valence-electron chi connectivity index (χ1n) is 11.2. The van der Waals surface area contributed by atoms with Crippen molar-refractivity contribution in [3.63, 3.8) is 0 Å². The fraction of sp³-hybridized carbons (Fsp3) is 0.440. The minimum atomic E-state index is -0.962. The first kappa shape index (κ1) is 24.5. The number of para-hydroxylation sites is 1. The number of anilines is 3. The van der Waals surface area contributed by atoms with Gasteiger partial charge < -0.3 is 20.6 Å². The molecular formula is C25H31F2N3O3. The third kappa shape index (κ3) is 6.21. The van der Waals surface area contributed by atoms with Crippen LogP contribution in [0.5, 0.6) is 0 Å². The van der Waals surface area contributed by atoms with Crippen LogP contribution in [0.2, 0.25) is 0 Å². The minimum Gasteiger partial charge on any atom is -0.481 e. The molecule has 0 radical (unpaired) electrons. The molecule has 3 N–H and O–H groups in total. The predicted octanol–water partition coefficient (Wildman–Crippen LogP) is 5.92. The average molecular weight is 460 g/mol. The van der Waals surface area contributed by atoms with Gasteiger partial charge in [-0.25, -0.2) is 13.6 Å². The largest absolute Gasteiger partial charge is 0.481 e. The highest BCUT2D eigenvalue weighted by molar-refractivity contribution is 6.02. The lowest BCUT2D eigenvalue weighted by Gasteiger charge is -2.31. The second-order valence-electron chi connectivity index (χ2n) is 9.43. The molecule has 33 heavy (non-hydrogen) atoms. The highest BCUT2D eigenvalue weighted by atomic mass is 19.1. The van der Waals surface area contributed by atoms with E-state index >= 15 is 4.39 Å². The molecule has 0 spiro atoms. The van der Waals surface area contributed by atoms with Crippen LogP contribution in [-0.2, 0) is 4.79 Å². The van der Waals surface area contributed by atoms with E-state index in [0.717, 1.165) is 0 Å². The fourth-order valence-corrected chi connectivity index (χ4v) is 4.03. The Kier molecular flexibility index (Phi) is 7.56. The molecule has 0 bridgehead atoms. The molecule has 1 saturated carbocycles. The van der Waals surface area contributed by atoms with Crippen LogP contribution in [0.15, 0.2) is 36.4 Å². The molecule has 0 heterocycles. The smallest absolute Gasteiger partial charge is 0.323 e. The number of nitrogens with one attached hydrogen (secondary N) is 2. The van der Waals surface area contributed by atoms with E-state index in [4.69, 9.17) is 0 Å². The van der Waals surface area contributed by atoms with Gasteiger partial charge in [0, 0.05) is 19.0 Å². The van der Waals surface area contributed by atoms with E-state index in [1.54, 1.807) is 6.07 Å². The molecular weight excluding hydrogens is 428 g/mol. The highest BCUT2D eigenvalue weighted by Gasteiger charge is 2.45. The molecule has 2 unspecified atom stereocenters. The van der Waals surface area contributed by atoms with Crippen LogP contribution >= 0.6 is 0 Å². The summed E-state index contributed by atoms with van der Waals surface area (Å²) in [5, 5.41) is 14.5. The molecule has 2 aromatic carbocycles. The monoisotopic (exact) mass is 459 g/mol. The normalized spacial score (nSPS) is 17.2. The molecule has 2 amide bonds. The summed E-state index contributed by atoms with van der Waals surface area (Å²) < 4.78 is 29.1. The summed E-state index contributed by atoms with van der Waals surface area (Å²) in [6.45, 7) is 9.49. The van der Waals surface area contributed by atoms with Crippen molar-refractivity contribution < 1.29 is 23.5 Å². The zero-order valence-electron chi connectivity index (χ0n) is 19.4. The number of hydrogen-bond donors (Lipinski definition) is 3. The van der Waals surface area contributed by atoms with Crippen molar-refractivity contribution in [1.29, 1.82) is 0 Å². The number of carbonyl (C=O) groups is 2. The van der Waals surface area contributed by atoms with E-state index in [0.29, 0.717) is 30.9 Å². The lowest BCUT2D eigenvalue weighted by molar-refractivity contribution is -0.138. The number of urea groups is 1. The first-order chi connectivity index (χ1) is 15.6. The zero-order valence-corrected chi connectivity index (χ0v) is 19.4. The molecule has 1 aliphatic rings. The van der Waals surface area contributed by atoms with Crippen LogP contribution in [0.4, 0.5) is 30.6 Å². The summed E-state index contributed by atoms with van der Waals surface area (Å²) in [6.07, 6.45) is 0.355. The molecule has 0 aromatic heterocycles. The number of carbonyl (C=O) groups excluding carboxylic acids is 1. The summed E-state index contributed by atoms with van der Waals surface area (Å²) in [7, 11) is 0. The van der Waals surface area contributed by atoms with Crippen molar-refractivity contribution in [3.05, 3.63) is 53.6 Å². The molecule has 0 aliphatic heterocycles. The van der Waals surface area contributed by atoms with Crippen molar-refractivity contribution in [2.45, 2.75) is 40.0 Å². The van der Waals surface area contributed by atoms with Crippen LogP contribution in [0.1, 0.15) is 45.6 Å². The van der Waals surface area contributed by atoms with Crippen LogP contribution < -0.4 is 15.5 Å². The standard InChI is InChI=1S/C25H31F2N3O3/c1-14(2)12-30(13-15(3)4)23-11-20(27)17(16-9-18(16)24(31)32)10-22(23)29-25(33)28-21-8-6-5-7-19(21)26/h5-8,10-11,14-16,18H,9,12-13H2,1-4H3,(H,31,32)(H2,28,29,33). The van der Waals surface area contributed by atoms with Gasteiger partial charge in [-0.2, -0.15) is 0 Å². The quantitative estimate of drug-likeness (QED) is 0.435. The average Bonchev–Trinajstić information content (AvgIpc) is 3.50. The van der Waals surface area contributed by atoms with Gasteiger partial charge in [-0.15, -0.1) is 0 Å². The maximum Gasteiger partial charge on any atom is 0.323 e. The van der Waals surface area contributed by atoms with Crippen molar-refractivity contribution in [2.75, 3.05) is 28.6 Å². The maximum atomic E-state index is 15.1. The SMILES string of the molecule is CC(C)CN(CC(C)C)c1cc(F)c(C2CC2C(=O)O)cc1NC(=O)Nc1ccccc1F. The predicted molar refractivity (Wildman–Crippen MR) is 126 cm³/mol. The van der Waals surface area contributed by atoms with Crippen molar-refractivity contribution in [3.8, 4) is 0 Å². The number of hydrogen-bond acceptors (Lipinski definition) is 3. The van der Waals surface area contributed by atoms with E-state index in [1.165, 1.54) is 30.3 Å². The summed E-state index contributed by atoms with van der Waals surface area (Å²) >= 11 is 0. The molecule has 3 rings (SSSR count). The van der Waals surface area contributed by atoms with Gasteiger partial charge in [-0.05, 0) is 48.1 Å². The fourth-order valence-electron chi connectivity index (χ4n) is 4.03. The third-order valence-corrected chi connectivity index (χ3v) is 5.50. The number of nitrogens with zero attached hydrogens (tertiary/aromatic N) is 1. The summed E-state index contributed by atoms with van der Waals surface area (Å²) in [5.41, 5.74) is 1.15. The van der Waals surface area contributed by atoms with Crippen LogP contribution in [0.3, 0.4) is 0 Å². The second kappa shape index (κ2) is 10.2. The Morgan fingerprint density at radius 2 is 1.61 bits per heavy atom. The lowest BCUT2D eigenvalue weighted by Crippen LogP contribution is -2.33. The lowest BCUT2D eigenvalue weighted by atomic mass is 10.0. The topological polar surface area (TPSA) is 81.7 Å². The molecule has 2 atom stereocenters. The van der Waals surface area contributed by atoms with Crippen LogP contribution in [-0.4, -0.2) is 30.2 Å². The van der Waals surface area contributed by atoms with E-state index in [9.17, 15) is 19.1 Å². The minimum absolute atomic E-state index is 0.0215. The number of benzene rings is 2. The van der Waals surface area contributed by atoms with E-state index < -0.39 is 35.5 Å². The molecule has 0 saturated heterocycles. The van der Waals surface area contributed by atoms with Crippen molar-refractivity contribution in [1.82, 2.24) is 0 Å². The number of carboxylic acid groups (broad SMARTS) is 1. The molecule has 2 aromatic rings. The van der Waals surface area contributed by atoms with E-state index in [-0.39, 0.29) is 23.1 Å². The molecule has 1 aliphatic carbocycles. The Bertz CT molecular complexity index is 1020. The second-order valence-corrected chi connectivity index (χ2v) is 9.43. The Balaban J connectivity index is 1.97. The molecule has 8 heteroatoms. The van der Waals surface area contributed by atoms with E-state index in [1.807, 2.05) is 4.90 Å². The van der Waals surface area contributed by atoms with Gasteiger partial charge in [-0.1, -0.05) is 39.8 Å². The van der Waals surface area contributed by atoms with Crippen LogP contribution in [0, 0.1) is 29.4 Å². The van der Waals surface area contributed by atoms with Crippen molar-refractivity contribution >= 4 is 29.1 Å². The number of aliphatic carboxylic acids is 1. The van der Waals surface area contributed by atoms with Crippen molar-refractivity contribution in [2.24, 2.45) is 17.8 Å². The molecule has 178 valence electrons. The number of carboxylic acids is 1. The zero-order chi connectivity index (χ0) is 24.3. The number of halogens is 2. The summed E-state index contributed by atoms with van der Waals surface area (Å²) in [6, 6.07) is 8.03. The number of amides is 2. The number of rotatable bonds is 9.